The first-order chi connectivity index (χ1) is 17.6. The molecule has 3 aromatic heterocycles. The second kappa shape index (κ2) is 9.79. The van der Waals surface area contributed by atoms with Gasteiger partial charge < -0.3 is 5.11 Å². The maximum atomic E-state index is 13.4. The molecule has 36 heavy (non-hydrogen) atoms. The third-order valence-corrected chi connectivity index (χ3v) is 5.99. The van der Waals surface area contributed by atoms with Crippen LogP contribution in [-0.2, 0) is 13.0 Å². The van der Waals surface area contributed by atoms with E-state index in [1.54, 1.807) is 41.4 Å². The van der Waals surface area contributed by atoms with Gasteiger partial charge >= 0.3 is 11.7 Å². The maximum absolute atomic E-state index is 13.4. The minimum atomic E-state index is -1.07. The summed E-state index contributed by atoms with van der Waals surface area (Å²) < 4.78 is 3.13. The number of carboxylic acid groups (broad SMARTS) is 1. The van der Waals surface area contributed by atoms with Crippen LogP contribution in [0.15, 0.2) is 78.0 Å². The highest BCUT2D eigenvalue weighted by molar-refractivity contribution is 5.91. The third-order valence-electron chi connectivity index (χ3n) is 5.99. The number of tetrazole rings is 1. The predicted molar refractivity (Wildman–Crippen MR) is 133 cm³/mol. The molecular weight excluding hydrogens is 458 g/mol. The normalized spacial score (nSPS) is 11.0. The van der Waals surface area contributed by atoms with Gasteiger partial charge in [0.2, 0.25) is 0 Å². The van der Waals surface area contributed by atoms with Crippen LogP contribution in [0.3, 0.4) is 0 Å². The summed E-state index contributed by atoms with van der Waals surface area (Å²) in [6.07, 6.45) is 6.71. The molecule has 0 bridgehead atoms. The van der Waals surface area contributed by atoms with Gasteiger partial charge in [0.25, 0.3) is 0 Å². The van der Waals surface area contributed by atoms with E-state index in [0.29, 0.717) is 24.5 Å². The molecule has 3 heterocycles. The number of imidazole rings is 1. The number of pyridine rings is 1. The molecule has 10 nitrogen and oxygen atoms in total. The zero-order valence-corrected chi connectivity index (χ0v) is 19.5. The van der Waals surface area contributed by atoms with Crippen molar-refractivity contribution in [3.05, 3.63) is 100 Å². The standard InChI is InChI=1S/C26H23N7O3/c1-2-5-19-16-33(23-7-4-3-6-21(23)25(34)35)26(36)32(19)15-17-8-10-18(11-9-17)20-12-13-27-14-22(20)24-28-30-31-29-24/h3-4,6-14,16H,2,5,15H2,1H3,(H,34,35)(H,28,29,30,31). The summed E-state index contributed by atoms with van der Waals surface area (Å²) in [5.74, 6) is -0.546. The molecule has 0 saturated heterocycles. The van der Waals surface area contributed by atoms with Crippen molar-refractivity contribution in [1.29, 1.82) is 0 Å². The molecule has 180 valence electrons. The lowest BCUT2D eigenvalue weighted by molar-refractivity contribution is 0.0697. The van der Waals surface area contributed by atoms with Gasteiger partial charge in [0.05, 0.1) is 17.8 Å². The number of hydrogen-bond donors (Lipinski definition) is 2. The molecule has 0 saturated carbocycles. The summed E-state index contributed by atoms with van der Waals surface area (Å²) in [4.78, 5) is 29.3. The van der Waals surface area contributed by atoms with E-state index in [0.717, 1.165) is 34.4 Å². The zero-order valence-electron chi connectivity index (χ0n) is 19.5. The van der Waals surface area contributed by atoms with E-state index in [4.69, 9.17) is 0 Å². The van der Waals surface area contributed by atoms with Gasteiger partial charge in [-0.2, -0.15) is 0 Å². The summed E-state index contributed by atoms with van der Waals surface area (Å²) in [7, 11) is 0. The molecule has 0 spiro atoms. The first-order valence-electron chi connectivity index (χ1n) is 11.5. The Labute approximate surface area is 205 Å². The van der Waals surface area contributed by atoms with Crippen LogP contribution in [0.25, 0.3) is 28.2 Å². The van der Waals surface area contributed by atoms with E-state index in [1.165, 1.54) is 10.6 Å². The number of benzene rings is 2. The van der Waals surface area contributed by atoms with Crippen molar-refractivity contribution in [2.24, 2.45) is 0 Å². The average Bonchev–Trinajstić information content (AvgIpc) is 3.54. The minimum absolute atomic E-state index is 0.0827. The fourth-order valence-corrected chi connectivity index (χ4v) is 4.27. The van der Waals surface area contributed by atoms with Crippen LogP contribution in [0.2, 0.25) is 0 Å². The van der Waals surface area contributed by atoms with Gasteiger partial charge in [-0.25, -0.2) is 14.7 Å². The Morgan fingerprint density at radius 1 is 1.06 bits per heavy atom. The monoisotopic (exact) mass is 481 g/mol. The van der Waals surface area contributed by atoms with Crippen molar-refractivity contribution >= 4 is 5.97 Å². The highest BCUT2D eigenvalue weighted by Gasteiger charge is 2.18. The Bertz CT molecular complexity index is 1570. The Kier molecular flexibility index (Phi) is 6.23. The summed E-state index contributed by atoms with van der Waals surface area (Å²) in [5, 5.41) is 23.7. The second-order valence-electron chi connectivity index (χ2n) is 8.30. The second-order valence-corrected chi connectivity index (χ2v) is 8.30. The number of aromatic nitrogens is 7. The van der Waals surface area contributed by atoms with E-state index >= 15 is 0 Å². The number of H-pyrrole nitrogens is 1. The number of nitrogens with zero attached hydrogens (tertiary/aromatic N) is 6. The van der Waals surface area contributed by atoms with Crippen molar-refractivity contribution in [2.75, 3.05) is 0 Å². The largest absolute Gasteiger partial charge is 0.478 e. The lowest BCUT2D eigenvalue weighted by Gasteiger charge is -2.10. The van der Waals surface area contributed by atoms with Gasteiger partial charge in [-0.15, -0.1) is 5.10 Å². The van der Waals surface area contributed by atoms with E-state index in [2.05, 4.69) is 25.6 Å². The number of aromatic carboxylic acids is 1. The lowest BCUT2D eigenvalue weighted by atomic mass is 10.00. The molecule has 0 aliphatic carbocycles. The van der Waals surface area contributed by atoms with Gasteiger partial charge in [-0.05, 0) is 51.7 Å². The minimum Gasteiger partial charge on any atom is -0.478 e. The molecule has 0 unspecified atom stereocenters. The number of para-hydroxylation sites is 1. The van der Waals surface area contributed by atoms with Crippen molar-refractivity contribution in [2.45, 2.75) is 26.3 Å². The van der Waals surface area contributed by atoms with Gasteiger partial charge in [0.15, 0.2) is 5.82 Å². The summed E-state index contributed by atoms with van der Waals surface area (Å²) in [6, 6.07) is 16.3. The van der Waals surface area contributed by atoms with Crippen LogP contribution in [-0.4, -0.2) is 45.8 Å². The fraction of sp³-hybridized carbons (Fsp3) is 0.154. The van der Waals surface area contributed by atoms with Gasteiger partial charge in [-0.3, -0.25) is 14.1 Å². The maximum Gasteiger partial charge on any atom is 0.337 e. The summed E-state index contributed by atoms with van der Waals surface area (Å²) >= 11 is 0. The van der Waals surface area contributed by atoms with Crippen LogP contribution in [0.5, 0.6) is 0 Å². The zero-order chi connectivity index (χ0) is 25.1. The van der Waals surface area contributed by atoms with Crippen LogP contribution in [0, 0.1) is 0 Å². The van der Waals surface area contributed by atoms with E-state index < -0.39 is 5.97 Å². The van der Waals surface area contributed by atoms with E-state index in [9.17, 15) is 14.7 Å². The van der Waals surface area contributed by atoms with Crippen molar-refractivity contribution in [3.63, 3.8) is 0 Å². The van der Waals surface area contributed by atoms with Crippen molar-refractivity contribution in [3.8, 4) is 28.2 Å². The Hall–Kier alpha value is -4.86. The smallest absolute Gasteiger partial charge is 0.337 e. The number of carboxylic acids is 1. The van der Waals surface area contributed by atoms with Crippen LogP contribution < -0.4 is 5.69 Å². The highest BCUT2D eigenvalue weighted by Crippen LogP contribution is 2.29. The van der Waals surface area contributed by atoms with Crippen LogP contribution >= 0.6 is 0 Å². The topological polar surface area (TPSA) is 132 Å². The molecule has 5 rings (SSSR count). The quantitative estimate of drug-likeness (QED) is 0.346. The first kappa shape index (κ1) is 22.9. The number of rotatable bonds is 8. The van der Waals surface area contributed by atoms with E-state index in [1.807, 2.05) is 37.3 Å². The highest BCUT2D eigenvalue weighted by atomic mass is 16.4. The molecule has 5 aromatic rings. The average molecular weight is 482 g/mol. The van der Waals surface area contributed by atoms with Gasteiger partial charge in [0.1, 0.15) is 0 Å². The first-order valence-corrected chi connectivity index (χ1v) is 11.5. The van der Waals surface area contributed by atoms with E-state index in [-0.39, 0.29) is 11.3 Å². The Morgan fingerprint density at radius 2 is 1.86 bits per heavy atom. The van der Waals surface area contributed by atoms with Crippen LogP contribution in [0.4, 0.5) is 0 Å². The third kappa shape index (κ3) is 4.31. The molecule has 0 aliphatic heterocycles. The fourth-order valence-electron chi connectivity index (χ4n) is 4.27. The van der Waals surface area contributed by atoms with Gasteiger partial charge in [0, 0.05) is 29.8 Å². The summed E-state index contributed by atoms with van der Waals surface area (Å²) in [6.45, 7) is 2.41. The molecule has 2 N–H and O–H groups in total. The lowest BCUT2D eigenvalue weighted by Crippen LogP contribution is -2.25. The number of hydrogen-bond acceptors (Lipinski definition) is 6. The van der Waals surface area contributed by atoms with Crippen molar-refractivity contribution < 1.29 is 9.90 Å². The van der Waals surface area contributed by atoms with Crippen molar-refractivity contribution in [1.82, 2.24) is 34.7 Å². The number of aromatic amines is 1. The molecule has 0 amide bonds. The Balaban J connectivity index is 1.49. The SMILES string of the molecule is CCCc1cn(-c2ccccc2C(=O)O)c(=O)n1Cc1ccc(-c2ccncc2-c2nnn[nH]2)cc1. The number of carbonyl (C=O) groups is 1. The molecular formula is C26H23N7O3. The molecule has 0 radical (unpaired) electrons. The molecule has 0 aliphatic rings. The molecule has 2 aromatic carbocycles. The van der Waals surface area contributed by atoms with Crippen LogP contribution in [0.1, 0.15) is 35.0 Å². The molecule has 10 heteroatoms. The molecule has 0 fully saturated rings. The number of aryl methyl sites for hydroxylation is 1. The number of nitrogens with one attached hydrogen (secondary N) is 1. The predicted octanol–water partition coefficient (Wildman–Crippen LogP) is 3.58. The molecule has 0 atom stereocenters. The summed E-state index contributed by atoms with van der Waals surface area (Å²) in [5.41, 5.74) is 4.63. The Morgan fingerprint density at radius 3 is 2.58 bits per heavy atom. The van der Waals surface area contributed by atoms with Gasteiger partial charge in [-0.1, -0.05) is 49.7 Å².